The van der Waals surface area contributed by atoms with Crippen LogP contribution < -0.4 is 5.73 Å². The maximum Gasteiger partial charge on any atom is 0.0263 e. The summed E-state index contributed by atoms with van der Waals surface area (Å²) in [5.41, 5.74) is 5.93. The summed E-state index contributed by atoms with van der Waals surface area (Å²) in [6.07, 6.45) is 8.34. The van der Waals surface area contributed by atoms with Crippen molar-refractivity contribution in [1.29, 1.82) is 0 Å². The number of hydrogen-bond donors (Lipinski definition) is 1. The Bertz CT molecular complexity index is 268. The molecule has 2 N–H and O–H groups in total. The van der Waals surface area contributed by atoms with Crippen molar-refractivity contribution >= 4 is 0 Å². The average Bonchev–Trinajstić information content (AvgIpc) is 3.03. The summed E-state index contributed by atoms with van der Waals surface area (Å²) in [6, 6.07) is 2.44. The molecule has 0 bridgehead atoms. The van der Waals surface area contributed by atoms with Crippen LogP contribution >= 0.6 is 0 Å². The van der Waals surface area contributed by atoms with Crippen molar-refractivity contribution in [3.8, 4) is 0 Å². The van der Waals surface area contributed by atoms with Gasteiger partial charge in [0.05, 0.1) is 0 Å². The number of fused-ring (bicyclic) bond motifs is 1. The van der Waals surface area contributed by atoms with Crippen LogP contribution in [0.5, 0.6) is 0 Å². The van der Waals surface area contributed by atoms with Crippen LogP contribution in [-0.2, 0) is 0 Å². The molecule has 3 rings (SSSR count). The van der Waals surface area contributed by atoms with E-state index in [1.807, 2.05) is 0 Å². The maximum atomic E-state index is 5.93. The van der Waals surface area contributed by atoms with Crippen molar-refractivity contribution in [3.05, 3.63) is 0 Å². The molecule has 4 atom stereocenters. The molecule has 3 heteroatoms. The molecule has 2 saturated heterocycles. The lowest BCUT2D eigenvalue weighted by atomic mass is 9.97. The Labute approximate surface area is 105 Å². The Morgan fingerprint density at radius 3 is 2.76 bits per heavy atom. The van der Waals surface area contributed by atoms with Crippen LogP contribution in [0.25, 0.3) is 0 Å². The summed E-state index contributed by atoms with van der Waals surface area (Å²) in [5, 5.41) is 0. The normalized spacial score (nSPS) is 42.5. The summed E-state index contributed by atoms with van der Waals surface area (Å²) in [6.45, 7) is 3.57. The summed E-state index contributed by atoms with van der Waals surface area (Å²) < 4.78 is 0. The van der Waals surface area contributed by atoms with Crippen molar-refractivity contribution in [1.82, 2.24) is 9.80 Å². The fourth-order valence-corrected chi connectivity index (χ4v) is 4.61. The van der Waals surface area contributed by atoms with E-state index < -0.39 is 0 Å². The molecule has 0 aromatic carbocycles. The molecule has 3 fully saturated rings. The van der Waals surface area contributed by atoms with Crippen molar-refractivity contribution in [3.63, 3.8) is 0 Å². The van der Waals surface area contributed by atoms with Gasteiger partial charge in [-0.15, -0.1) is 0 Å². The van der Waals surface area contributed by atoms with Gasteiger partial charge in [-0.1, -0.05) is 6.42 Å². The first-order valence-corrected chi connectivity index (χ1v) is 7.47. The third kappa shape index (κ3) is 2.02. The highest BCUT2D eigenvalue weighted by Gasteiger charge is 2.42. The Balaban J connectivity index is 1.67. The molecule has 1 aliphatic carbocycles. The van der Waals surface area contributed by atoms with E-state index >= 15 is 0 Å². The molecule has 17 heavy (non-hydrogen) atoms. The van der Waals surface area contributed by atoms with Crippen LogP contribution in [0.4, 0.5) is 0 Å². The third-order valence-corrected chi connectivity index (χ3v) is 5.54. The van der Waals surface area contributed by atoms with E-state index in [-0.39, 0.29) is 0 Å². The fraction of sp³-hybridized carbons (Fsp3) is 1.00. The zero-order chi connectivity index (χ0) is 11.8. The van der Waals surface area contributed by atoms with Crippen molar-refractivity contribution in [2.75, 3.05) is 26.7 Å². The first-order chi connectivity index (χ1) is 8.31. The van der Waals surface area contributed by atoms with E-state index in [0.717, 1.165) is 30.6 Å². The lowest BCUT2D eigenvalue weighted by molar-refractivity contribution is 0.118. The highest BCUT2D eigenvalue weighted by atomic mass is 15.3. The van der Waals surface area contributed by atoms with E-state index in [2.05, 4.69) is 16.8 Å². The maximum absolute atomic E-state index is 5.93. The second-order valence-electron chi connectivity index (χ2n) is 6.26. The Kier molecular flexibility index (Phi) is 3.42. The minimum atomic E-state index is 0.760. The number of likely N-dealkylation sites (N-methyl/N-ethyl adjacent to an activating group) is 1. The highest BCUT2D eigenvalue weighted by molar-refractivity contribution is 4.99. The molecule has 98 valence electrons. The lowest BCUT2D eigenvalue weighted by Gasteiger charge is -2.37. The van der Waals surface area contributed by atoms with E-state index in [1.165, 1.54) is 51.6 Å². The minimum Gasteiger partial charge on any atom is -0.330 e. The van der Waals surface area contributed by atoms with Gasteiger partial charge >= 0.3 is 0 Å². The van der Waals surface area contributed by atoms with Gasteiger partial charge < -0.3 is 5.73 Å². The van der Waals surface area contributed by atoms with Crippen LogP contribution in [0.1, 0.15) is 38.5 Å². The topological polar surface area (TPSA) is 32.5 Å². The fourth-order valence-electron chi connectivity index (χ4n) is 4.61. The second-order valence-corrected chi connectivity index (χ2v) is 6.26. The SMILES string of the molecule is CN(C1CCCC1CN)C1CCN2CCCC12. The van der Waals surface area contributed by atoms with E-state index in [4.69, 9.17) is 5.73 Å². The molecule has 2 heterocycles. The standard InChI is InChI=1S/C14H27N3/c1-16(12-5-2-4-11(12)10-15)13-7-9-17-8-3-6-14(13)17/h11-14H,2-10,15H2,1H3. The quantitative estimate of drug-likeness (QED) is 0.802. The monoisotopic (exact) mass is 237 g/mol. The van der Waals surface area contributed by atoms with Gasteiger partial charge in [-0.3, -0.25) is 9.80 Å². The van der Waals surface area contributed by atoms with Crippen LogP contribution in [0.2, 0.25) is 0 Å². The number of nitrogens with two attached hydrogens (primary N) is 1. The molecule has 2 aliphatic heterocycles. The lowest BCUT2D eigenvalue weighted by Crippen LogP contribution is -2.48. The van der Waals surface area contributed by atoms with Gasteiger partial charge in [0, 0.05) is 24.7 Å². The van der Waals surface area contributed by atoms with Crippen LogP contribution in [-0.4, -0.2) is 54.6 Å². The number of hydrogen-bond acceptors (Lipinski definition) is 3. The van der Waals surface area contributed by atoms with Crippen LogP contribution in [0, 0.1) is 5.92 Å². The Hall–Kier alpha value is -0.120. The van der Waals surface area contributed by atoms with E-state index in [0.29, 0.717) is 0 Å². The van der Waals surface area contributed by atoms with Gasteiger partial charge in [-0.2, -0.15) is 0 Å². The van der Waals surface area contributed by atoms with Crippen molar-refractivity contribution in [2.45, 2.75) is 56.7 Å². The Morgan fingerprint density at radius 1 is 1.06 bits per heavy atom. The van der Waals surface area contributed by atoms with Crippen LogP contribution in [0.3, 0.4) is 0 Å². The van der Waals surface area contributed by atoms with Crippen LogP contribution in [0.15, 0.2) is 0 Å². The molecular weight excluding hydrogens is 210 g/mol. The average molecular weight is 237 g/mol. The largest absolute Gasteiger partial charge is 0.330 e. The minimum absolute atomic E-state index is 0.760. The second kappa shape index (κ2) is 4.87. The zero-order valence-corrected chi connectivity index (χ0v) is 11.1. The molecule has 4 unspecified atom stereocenters. The molecule has 0 spiro atoms. The van der Waals surface area contributed by atoms with Gasteiger partial charge in [-0.05, 0) is 58.2 Å². The molecule has 0 aromatic heterocycles. The summed E-state index contributed by atoms with van der Waals surface area (Å²) in [4.78, 5) is 5.42. The predicted molar refractivity (Wildman–Crippen MR) is 70.9 cm³/mol. The van der Waals surface area contributed by atoms with Gasteiger partial charge in [-0.25, -0.2) is 0 Å². The number of nitrogens with zero attached hydrogens (tertiary/aromatic N) is 2. The number of rotatable bonds is 3. The third-order valence-electron chi connectivity index (χ3n) is 5.54. The zero-order valence-electron chi connectivity index (χ0n) is 11.1. The Morgan fingerprint density at radius 2 is 1.94 bits per heavy atom. The van der Waals surface area contributed by atoms with Gasteiger partial charge in [0.1, 0.15) is 0 Å². The predicted octanol–water partition coefficient (Wildman–Crippen LogP) is 1.28. The van der Waals surface area contributed by atoms with Gasteiger partial charge in [0.15, 0.2) is 0 Å². The molecular formula is C14H27N3. The first-order valence-electron chi connectivity index (χ1n) is 7.47. The smallest absolute Gasteiger partial charge is 0.0263 e. The summed E-state index contributed by atoms with van der Waals surface area (Å²) in [7, 11) is 2.37. The van der Waals surface area contributed by atoms with Crippen molar-refractivity contribution < 1.29 is 0 Å². The molecule has 3 aliphatic rings. The molecule has 3 nitrogen and oxygen atoms in total. The van der Waals surface area contributed by atoms with E-state index in [1.54, 1.807) is 0 Å². The first kappa shape index (κ1) is 11.9. The van der Waals surface area contributed by atoms with Gasteiger partial charge in [0.25, 0.3) is 0 Å². The van der Waals surface area contributed by atoms with Gasteiger partial charge in [0.2, 0.25) is 0 Å². The molecule has 0 radical (unpaired) electrons. The molecule has 0 amide bonds. The summed E-state index contributed by atoms with van der Waals surface area (Å²) >= 11 is 0. The molecule has 1 saturated carbocycles. The highest BCUT2D eigenvalue weighted by Crippen LogP contribution is 2.36. The molecule has 0 aromatic rings. The van der Waals surface area contributed by atoms with Crippen molar-refractivity contribution in [2.24, 2.45) is 11.7 Å². The van der Waals surface area contributed by atoms with E-state index in [9.17, 15) is 0 Å². The summed E-state index contributed by atoms with van der Waals surface area (Å²) in [5.74, 6) is 0.760.